The van der Waals surface area contributed by atoms with Gasteiger partial charge < -0.3 is 15.9 Å². The summed E-state index contributed by atoms with van der Waals surface area (Å²) in [4.78, 5) is 31.1. The summed E-state index contributed by atoms with van der Waals surface area (Å²) in [6.45, 7) is 0. The molecule has 2 heterocycles. The van der Waals surface area contributed by atoms with Crippen LogP contribution in [0, 0.1) is 0 Å². The van der Waals surface area contributed by atoms with Gasteiger partial charge in [0.2, 0.25) is 6.10 Å². The molecular formula is C19H17Cl2N3O3S. The van der Waals surface area contributed by atoms with Gasteiger partial charge in [0.05, 0.1) is 21.3 Å². The smallest absolute Gasteiger partial charge is 0.269 e. The predicted molar refractivity (Wildman–Crippen MR) is 111 cm³/mol. The van der Waals surface area contributed by atoms with Gasteiger partial charge in [-0.3, -0.25) is 9.59 Å². The maximum absolute atomic E-state index is 12.7. The summed E-state index contributed by atoms with van der Waals surface area (Å²) in [5.74, 6) is -0.880. The molecule has 1 aromatic heterocycles. The molecule has 0 radical (unpaired) electrons. The molecule has 0 fully saturated rings. The highest BCUT2D eigenvalue weighted by Crippen LogP contribution is 2.38. The molecule has 146 valence electrons. The summed E-state index contributed by atoms with van der Waals surface area (Å²) >= 11 is 13.4. The molecule has 1 aromatic carbocycles. The first-order valence-electron chi connectivity index (χ1n) is 8.87. The van der Waals surface area contributed by atoms with E-state index in [9.17, 15) is 9.59 Å². The zero-order valence-electron chi connectivity index (χ0n) is 14.8. The minimum atomic E-state index is -0.788. The highest BCUT2D eigenvalue weighted by molar-refractivity contribution is 7.17. The van der Waals surface area contributed by atoms with Crippen molar-refractivity contribution in [2.45, 2.75) is 38.2 Å². The summed E-state index contributed by atoms with van der Waals surface area (Å²) < 4.78 is 0. The number of oxime groups is 1. The molecule has 9 heteroatoms. The Morgan fingerprint density at radius 3 is 2.75 bits per heavy atom. The Morgan fingerprint density at radius 2 is 2.00 bits per heavy atom. The second kappa shape index (κ2) is 7.73. The number of primary amides is 1. The molecule has 0 saturated carbocycles. The minimum Gasteiger partial charge on any atom is -0.382 e. The highest BCUT2D eigenvalue weighted by Gasteiger charge is 2.32. The molecule has 2 amide bonds. The second-order valence-corrected chi connectivity index (χ2v) is 8.65. The number of anilines is 1. The van der Waals surface area contributed by atoms with Crippen LogP contribution in [0.3, 0.4) is 0 Å². The Labute approximate surface area is 175 Å². The monoisotopic (exact) mass is 437 g/mol. The van der Waals surface area contributed by atoms with Crippen molar-refractivity contribution in [3.8, 4) is 0 Å². The number of rotatable bonds is 4. The van der Waals surface area contributed by atoms with E-state index in [4.69, 9.17) is 33.8 Å². The summed E-state index contributed by atoms with van der Waals surface area (Å²) in [6, 6.07) is 5.13. The molecular weight excluding hydrogens is 421 g/mol. The van der Waals surface area contributed by atoms with E-state index in [1.54, 1.807) is 18.2 Å². The van der Waals surface area contributed by atoms with Gasteiger partial charge in [0.15, 0.2) is 0 Å². The van der Waals surface area contributed by atoms with E-state index in [1.807, 2.05) is 0 Å². The molecule has 2 aliphatic rings. The van der Waals surface area contributed by atoms with Crippen LogP contribution < -0.4 is 11.1 Å². The normalized spacial score (nSPS) is 18.2. The maximum Gasteiger partial charge on any atom is 0.269 e. The lowest BCUT2D eigenvalue weighted by Gasteiger charge is -2.11. The third-order valence-corrected chi connectivity index (χ3v) is 6.81. The quantitative estimate of drug-likeness (QED) is 0.751. The van der Waals surface area contributed by atoms with Crippen molar-refractivity contribution in [1.82, 2.24) is 0 Å². The van der Waals surface area contributed by atoms with Crippen LogP contribution in [0.25, 0.3) is 0 Å². The molecule has 0 saturated heterocycles. The van der Waals surface area contributed by atoms with Crippen molar-refractivity contribution in [2.24, 2.45) is 10.9 Å². The number of fused-ring (bicyclic) bond motifs is 1. The Kier molecular flexibility index (Phi) is 5.31. The van der Waals surface area contributed by atoms with Crippen molar-refractivity contribution in [3.63, 3.8) is 0 Å². The Bertz CT molecular complexity index is 1000. The van der Waals surface area contributed by atoms with Crippen LogP contribution in [0.15, 0.2) is 23.4 Å². The summed E-state index contributed by atoms with van der Waals surface area (Å²) in [5.41, 5.74) is 8.33. The number of carbonyl (C=O) groups is 2. The lowest BCUT2D eigenvalue weighted by atomic mass is 9.95. The van der Waals surface area contributed by atoms with Crippen molar-refractivity contribution in [2.75, 3.05) is 5.32 Å². The van der Waals surface area contributed by atoms with Gasteiger partial charge >= 0.3 is 0 Å². The SMILES string of the molecule is NC(=O)c1c(NC(=O)C2CC(c3ccc(Cl)c(Cl)c3)=NO2)sc2c1CCCC2. The van der Waals surface area contributed by atoms with Gasteiger partial charge in [-0.1, -0.05) is 34.4 Å². The molecule has 4 rings (SSSR count). The highest BCUT2D eigenvalue weighted by atomic mass is 35.5. The van der Waals surface area contributed by atoms with Gasteiger partial charge in [-0.15, -0.1) is 11.3 Å². The third-order valence-electron chi connectivity index (χ3n) is 4.87. The number of halogens is 2. The Hall–Kier alpha value is -2.09. The van der Waals surface area contributed by atoms with Gasteiger partial charge in [0.1, 0.15) is 5.00 Å². The molecule has 0 bridgehead atoms. The van der Waals surface area contributed by atoms with E-state index < -0.39 is 12.0 Å². The van der Waals surface area contributed by atoms with E-state index in [-0.39, 0.29) is 5.91 Å². The van der Waals surface area contributed by atoms with E-state index in [1.165, 1.54) is 11.3 Å². The van der Waals surface area contributed by atoms with Crippen LogP contribution in [-0.4, -0.2) is 23.6 Å². The average molecular weight is 438 g/mol. The second-order valence-electron chi connectivity index (χ2n) is 6.73. The first-order chi connectivity index (χ1) is 13.4. The molecule has 0 spiro atoms. The lowest BCUT2D eigenvalue weighted by Crippen LogP contribution is -2.28. The first-order valence-corrected chi connectivity index (χ1v) is 10.4. The molecule has 6 nitrogen and oxygen atoms in total. The predicted octanol–water partition coefficient (Wildman–Crippen LogP) is 4.16. The fraction of sp³-hybridized carbons (Fsp3) is 0.316. The number of hydrogen-bond donors (Lipinski definition) is 2. The first kappa shape index (κ1) is 19.2. The van der Waals surface area contributed by atoms with Gasteiger partial charge in [-0.05, 0) is 43.4 Å². The minimum absolute atomic E-state index is 0.292. The van der Waals surface area contributed by atoms with Gasteiger partial charge in [-0.2, -0.15) is 0 Å². The van der Waals surface area contributed by atoms with Gasteiger partial charge in [0.25, 0.3) is 11.8 Å². The van der Waals surface area contributed by atoms with Gasteiger partial charge in [-0.25, -0.2) is 0 Å². The van der Waals surface area contributed by atoms with Crippen LogP contribution in [0.2, 0.25) is 10.0 Å². The van der Waals surface area contributed by atoms with E-state index in [0.717, 1.165) is 41.7 Å². The van der Waals surface area contributed by atoms with Gasteiger partial charge in [0, 0.05) is 16.9 Å². The molecule has 1 aliphatic carbocycles. The van der Waals surface area contributed by atoms with Crippen molar-refractivity contribution in [3.05, 3.63) is 49.8 Å². The topological polar surface area (TPSA) is 93.8 Å². The number of benzene rings is 1. The fourth-order valence-electron chi connectivity index (χ4n) is 3.47. The molecule has 1 unspecified atom stereocenters. The lowest BCUT2D eigenvalue weighted by molar-refractivity contribution is -0.125. The number of nitrogens with zero attached hydrogens (tertiary/aromatic N) is 1. The molecule has 1 aliphatic heterocycles. The van der Waals surface area contributed by atoms with Crippen molar-refractivity contribution < 1.29 is 14.4 Å². The standard InChI is InChI=1S/C19H17Cl2N3O3S/c20-11-6-5-9(7-12(11)21)13-8-14(27-24-13)18(26)23-19-16(17(22)25)10-3-1-2-4-15(10)28-19/h5-7,14H,1-4,8H2,(H2,22,25)(H,23,26). The Balaban J connectivity index is 1.49. The van der Waals surface area contributed by atoms with E-state index >= 15 is 0 Å². The maximum atomic E-state index is 12.7. The summed E-state index contributed by atoms with van der Waals surface area (Å²) in [6.07, 6.45) is 3.31. The van der Waals surface area contributed by atoms with Crippen molar-refractivity contribution >= 4 is 57.1 Å². The summed E-state index contributed by atoms with van der Waals surface area (Å²) in [5, 5.41) is 8.17. The number of nitrogens with one attached hydrogen (secondary N) is 1. The van der Waals surface area contributed by atoms with E-state index in [2.05, 4.69) is 10.5 Å². The van der Waals surface area contributed by atoms with Crippen molar-refractivity contribution in [1.29, 1.82) is 0 Å². The van der Waals surface area contributed by atoms with Crippen LogP contribution in [-0.2, 0) is 22.5 Å². The molecule has 28 heavy (non-hydrogen) atoms. The number of carbonyl (C=O) groups excluding carboxylic acids is 2. The Morgan fingerprint density at radius 1 is 1.21 bits per heavy atom. The number of aryl methyl sites for hydroxylation is 1. The van der Waals surface area contributed by atoms with Crippen LogP contribution >= 0.6 is 34.5 Å². The average Bonchev–Trinajstić information content (AvgIpc) is 3.28. The fourth-order valence-corrected chi connectivity index (χ4v) is 5.07. The van der Waals surface area contributed by atoms with Crippen LogP contribution in [0.4, 0.5) is 5.00 Å². The largest absolute Gasteiger partial charge is 0.382 e. The number of hydrogen-bond acceptors (Lipinski definition) is 5. The third kappa shape index (κ3) is 3.62. The number of thiophene rings is 1. The molecule has 3 N–H and O–H groups in total. The van der Waals surface area contributed by atoms with Crippen LogP contribution in [0.5, 0.6) is 0 Å². The zero-order chi connectivity index (χ0) is 19.8. The van der Waals surface area contributed by atoms with Crippen LogP contribution in [0.1, 0.15) is 45.6 Å². The number of amides is 2. The number of nitrogens with two attached hydrogens (primary N) is 1. The molecule has 2 aromatic rings. The zero-order valence-corrected chi connectivity index (χ0v) is 17.1. The molecule has 1 atom stereocenters. The summed E-state index contributed by atoms with van der Waals surface area (Å²) in [7, 11) is 0. The van der Waals surface area contributed by atoms with E-state index in [0.29, 0.717) is 32.7 Å².